The van der Waals surface area contributed by atoms with E-state index in [1.165, 1.54) is 18.4 Å². The molecule has 1 aromatic rings. The number of nitrogens with zero attached hydrogens (tertiary/aromatic N) is 1. The van der Waals surface area contributed by atoms with E-state index in [1.807, 2.05) is 12.1 Å². The van der Waals surface area contributed by atoms with Crippen LogP contribution in [0.3, 0.4) is 0 Å². The van der Waals surface area contributed by atoms with E-state index in [1.54, 1.807) is 7.11 Å². The first-order chi connectivity index (χ1) is 9.70. The molecule has 0 aromatic heterocycles. The first-order valence-corrected chi connectivity index (χ1v) is 7.30. The van der Waals surface area contributed by atoms with Gasteiger partial charge in [0, 0.05) is 12.5 Å². The van der Waals surface area contributed by atoms with Gasteiger partial charge in [-0.1, -0.05) is 12.1 Å². The third-order valence-electron chi connectivity index (χ3n) is 3.95. The summed E-state index contributed by atoms with van der Waals surface area (Å²) in [6, 6.07) is 8.77. The van der Waals surface area contributed by atoms with Crippen LogP contribution in [-0.4, -0.2) is 36.2 Å². The maximum absolute atomic E-state index is 10.5. The van der Waals surface area contributed by atoms with Gasteiger partial charge in [-0.25, -0.2) is 0 Å². The zero-order valence-electron chi connectivity index (χ0n) is 12.0. The highest BCUT2D eigenvalue weighted by Gasteiger charge is 2.25. The Kier molecular flexibility index (Phi) is 5.41. The van der Waals surface area contributed by atoms with Crippen molar-refractivity contribution in [2.75, 3.05) is 20.2 Å². The molecule has 20 heavy (non-hydrogen) atoms. The number of ether oxygens (including phenoxy) is 1. The van der Waals surface area contributed by atoms with Crippen LogP contribution in [0.4, 0.5) is 0 Å². The minimum Gasteiger partial charge on any atom is -0.497 e. The number of hydrogen-bond donors (Lipinski definition) is 1. The maximum Gasteiger partial charge on any atom is 0.303 e. The molecule has 0 radical (unpaired) electrons. The second-order valence-corrected chi connectivity index (χ2v) is 5.32. The third-order valence-corrected chi connectivity index (χ3v) is 3.95. The molecule has 1 heterocycles. The molecule has 1 aromatic carbocycles. The van der Waals surface area contributed by atoms with Gasteiger partial charge in [-0.3, -0.25) is 9.69 Å². The van der Waals surface area contributed by atoms with Crippen molar-refractivity contribution < 1.29 is 14.6 Å². The number of likely N-dealkylation sites (tertiary alicyclic amines) is 1. The summed E-state index contributed by atoms with van der Waals surface area (Å²) in [6.07, 6.45) is 4.40. The number of carboxylic acids is 1. The molecular formula is C16H23NO3. The van der Waals surface area contributed by atoms with Crippen molar-refractivity contribution in [1.29, 1.82) is 0 Å². The van der Waals surface area contributed by atoms with Crippen molar-refractivity contribution in [1.82, 2.24) is 4.90 Å². The largest absolute Gasteiger partial charge is 0.497 e. The standard InChI is InChI=1S/C16H23NO3/c1-20-14-9-7-13(8-10-14)15-5-4-12-17(15)11-3-2-6-16(18)19/h7-10,15H,2-6,11-12H2,1H3,(H,18,19). The van der Waals surface area contributed by atoms with Gasteiger partial charge in [0.15, 0.2) is 0 Å². The van der Waals surface area contributed by atoms with E-state index < -0.39 is 5.97 Å². The van der Waals surface area contributed by atoms with E-state index in [9.17, 15) is 4.79 Å². The summed E-state index contributed by atoms with van der Waals surface area (Å²) in [6.45, 7) is 2.10. The van der Waals surface area contributed by atoms with Crippen LogP contribution in [0.5, 0.6) is 5.75 Å². The van der Waals surface area contributed by atoms with Crippen LogP contribution in [0.25, 0.3) is 0 Å². The first-order valence-electron chi connectivity index (χ1n) is 7.30. The molecule has 110 valence electrons. The minimum absolute atomic E-state index is 0.279. The number of aliphatic carboxylic acids is 1. The first kappa shape index (κ1) is 14.9. The zero-order valence-corrected chi connectivity index (χ0v) is 12.0. The van der Waals surface area contributed by atoms with Crippen LogP contribution in [-0.2, 0) is 4.79 Å². The molecule has 1 atom stereocenters. The van der Waals surface area contributed by atoms with Crippen molar-refractivity contribution in [2.24, 2.45) is 0 Å². The SMILES string of the molecule is COc1ccc(C2CCCN2CCCCC(=O)O)cc1. The van der Waals surface area contributed by atoms with Gasteiger partial charge in [0.25, 0.3) is 0 Å². The normalized spacial score (nSPS) is 19.1. The number of rotatable bonds is 7. The van der Waals surface area contributed by atoms with E-state index in [0.29, 0.717) is 6.04 Å². The Bertz CT molecular complexity index is 430. The predicted molar refractivity (Wildman–Crippen MR) is 78.0 cm³/mol. The van der Waals surface area contributed by atoms with Gasteiger partial charge in [0.1, 0.15) is 5.75 Å². The second kappa shape index (κ2) is 7.29. The van der Waals surface area contributed by atoms with Crippen LogP contribution in [0.1, 0.15) is 43.7 Å². The number of methoxy groups -OCH3 is 1. The lowest BCUT2D eigenvalue weighted by Gasteiger charge is -2.24. The lowest BCUT2D eigenvalue weighted by Crippen LogP contribution is -2.24. The Labute approximate surface area is 120 Å². The highest BCUT2D eigenvalue weighted by molar-refractivity contribution is 5.66. The lowest BCUT2D eigenvalue weighted by molar-refractivity contribution is -0.137. The smallest absolute Gasteiger partial charge is 0.303 e. The van der Waals surface area contributed by atoms with Crippen molar-refractivity contribution in [2.45, 2.75) is 38.1 Å². The van der Waals surface area contributed by atoms with Crippen LogP contribution in [0, 0.1) is 0 Å². The van der Waals surface area contributed by atoms with Gasteiger partial charge < -0.3 is 9.84 Å². The third kappa shape index (κ3) is 3.97. The molecule has 0 saturated carbocycles. The molecule has 4 nitrogen and oxygen atoms in total. The van der Waals surface area contributed by atoms with Crippen molar-refractivity contribution in [3.05, 3.63) is 29.8 Å². The van der Waals surface area contributed by atoms with E-state index in [-0.39, 0.29) is 6.42 Å². The number of benzene rings is 1. The highest BCUT2D eigenvalue weighted by atomic mass is 16.5. The van der Waals surface area contributed by atoms with Crippen molar-refractivity contribution >= 4 is 5.97 Å². The maximum atomic E-state index is 10.5. The molecule has 1 N–H and O–H groups in total. The number of carbonyl (C=O) groups is 1. The summed E-state index contributed by atoms with van der Waals surface area (Å²) in [5.74, 6) is 0.192. The van der Waals surface area contributed by atoms with Gasteiger partial charge in [0.2, 0.25) is 0 Å². The molecule has 4 heteroatoms. The quantitative estimate of drug-likeness (QED) is 0.778. The Balaban J connectivity index is 1.87. The van der Waals surface area contributed by atoms with Crippen LogP contribution in [0.15, 0.2) is 24.3 Å². The molecule has 0 spiro atoms. The minimum atomic E-state index is -0.696. The predicted octanol–water partition coefficient (Wildman–Crippen LogP) is 3.09. The summed E-state index contributed by atoms with van der Waals surface area (Å²) in [7, 11) is 1.68. The molecule has 1 aliphatic rings. The Morgan fingerprint density at radius 3 is 2.75 bits per heavy atom. The summed E-state index contributed by atoms with van der Waals surface area (Å²) in [4.78, 5) is 13.0. The fourth-order valence-electron chi connectivity index (χ4n) is 2.89. The van der Waals surface area contributed by atoms with Gasteiger partial charge in [-0.15, -0.1) is 0 Å². The monoisotopic (exact) mass is 277 g/mol. The van der Waals surface area contributed by atoms with Gasteiger partial charge in [-0.2, -0.15) is 0 Å². The molecule has 0 aliphatic carbocycles. The highest BCUT2D eigenvalue weighted by Crippen LogP contribution is 2.32. The van der Waals surface area contributed by atoms with Gasteiger partial charge >= 0.3 is 5.97 Å². The number of carboxylic acid groups (broad SMARTS) is 1. The van der Waals surface area contributed by atoms with Crippen molar-refractivity contribution in [3.63, 3.8) is 0 Å². The van der Waals surface area contributed by atoms with Crippen LogP contribution >= 0.6 is 0 Å². The van der Waals surface area contributed by atoms with Gasteiger partial charge in [0.05, 0.1) is 7.11 Å². The fourth-order valence-corrected chi connectivity index (χ4v) is 2.89. The van der Waals surface area contributed by atoms with E-state index >= 15 is 0 Å². The van der Waals surface area contributed by atoms with E-state index in [4.69, 9.17) is 9.84 Å². The number of unbranched alkanes of at least 4 members (excludes halogenated alkanes) is 1. The van der Waals surface area contributed by atoms with Crippen molar-refractivity contribution in [3.8, 4) is 5.75 Å². The lowest BCUT2D eigenvalue weighted by atomic mass is 10.0. The second-order valence-electron chi connectivity index (χ2n) is 5.32. The molecule has 1 fully saturated rings. The zero-order chi connectivity index (χ0) is 14.4. The molecule has 0 amide bonds. The topological polar surface area (TPSA) is 49.8 Å². The molecule has 0 bridgehead atoms. The van der Waals surface area contributed by atoms with Crippen LogP contribution in [0.2, 0.25) is 0 Å². The Hall–Kier alpha value is -1.55. The summed E-state index contributed by atoms with van der Waals surface area (Å²) in [5.41, 5.74) is 1.33. The van der Waals surface area contributed by atoms with E-state index in [2.05, 4.69) is 17.0 Å². The Morgan fingerprint density at radius 2 is 2.10 bits per heavy atom. The molecule has 1 saturated heterocycles. The summed E-state index contributed by atoms with van der Waals surface area (Å²) in [5, 5.41) is 8.66. The van der Waals surface area contributed by atoms with Gasteiger partial charge in [-0.05, 0) is 56.5 Å². The summed E-state index contributed by atoms with van der Waals surface area (Å²) >= 11 is 0. The fraction of sp³-hybridized carbons (Fsp3) is 0.562. The molecule has 1 aliphatic heterocycles. The molecule has 1 unspecified atom stereocenters. The average Bonchev–Trinajstić information content (AvgIpc) is 2.92. The summed E-state index contributed by atoms with van der Waals surface area (Å²) < 4.78 is 5.19. The average molecular weight is 277 g/mol. The molecular weight excluding hydrogens is 254 g/mol. The van der Waals surface area contributed by atoms with Crippen LogP contribution < -0.4 is 4.74 Å². The number of hydrogen-bond acceptors (Lipinski definition) is 3. The Morgan fingerprint density at radius 1 is 1.35 bits per heavy atom. The van der Waals surface area contributed by atoms with E-state index in [0.717, 1.165) is 31.7 Å². The molecule has 2 rings (SSSR count).